The highest BCUT2D eigenvalue weighted by atomic mass is 79.9. The molecule has 4 heteroatoms. The molecule has 2 N–H and O–H groups in total. The second-order valence-electron chi connectivity index (χ2n) is 2.95. The van der Waals surface area contributed by atoms with Crippen LogP contribution in [0.4, 0.5) is 0 Å². The molecule has 0 amide bonds. The number of hydrogen-bond donors (Lipinski definition) is 1. The predicted octanol–water partition coefficient (Wildman–Crippen LogP) is 2.09. The van der Waals surface area contributed by atoms with E-state index in [1.54, 1.807) is 6.33 Å². The molecule has 0 unspecified atom stereocenters. The summed E-state index contributed by atoms with van der Waals surface area (Å²) in [5, 5.41) is 0. The minimum Gasteiger partial charge on any atom is -0.325 e. The monoisotopic (exact) mass is 251 g/mol. The van der Waals surface area contributed by atoms with Crippen LogP contribution in [-0.2, 0) is 6.54 Å². The maximum Gasteiger partial charge on any atom is 0.0995 e. The molecule has 0 radical (unpaired) electrons. The second kappa shape index (κ2) is 3.94. The van der Waals surface area contributed by atoms with Crippen molar-refractivity contribution in [2.45, 2.75) is 6.54 Å². The van der Waals surface area contributed by atoms with Gasteiger partial charge in [0.2, 0.25) is 0 Å². The van der Waals surface area contributed by atoms with E-state index in [4.69, 9.17) is 5.73 Å². The molecule has 0 spiro atoms. The Kier molecular flexibility index (Phi) is 2.65. The molecule has 0 saturated heterocycles. The largest absolute Gasteiger partial charge is 0.325 e. The predicted molar refractivity (Wildman–Crippen MR) is 59.2 cm³/mol. The average molecular weight is 252 g/mol. The van der Waals surface area contributed by atoms with Crippen molar-refractivity contribution >= 4 is 15.9 Å². The average Bonchev–Trinajstić information content (AvgIpc) is 2.67. The molecule has 72 valence electrons. The molecule has 0 saturated carbocycles. The molecule has 3 nitrogen and oxygen atoms in total. The van der Waals surface area contributed by atoms with Gasteiger partial charge in [0, 0.05) is 22.9 Å². The van der Waals surface area contributed by atoms with Crippen molar-refractivity contribution in [3.05, 3.63) is 47.0 Å². The molecule has 14 heavy (non-hydrogen) atoms. The van der Waals surface area contributed by atoms with Gasteiger partial charge in [0.15, 0.2) is 0 Å². The molecule has 0 bridgehead atoms. The van der Waals surface area contributed by atoms with Crippen LogP contribution in [0.2, 0.25) is 0 Å². The lowest BCUT2D eigenvalue weighted by atomic mass is 10.3. The van der Waals surface area contributed by atoms with Gasteiger partial charge in [-0.15, -0.1) is 0 Å². The second-order valence-corrected chi connectivity index (χ2v) is 3.87. The Morgan fingerprint density at radius 2 is 2.00 bits per heavy atom. The minimum absolute atomic E-state index is 0.476. The van der Waals surface area contributed by atoms with Crippen molar-refractivity contribution in [3.63, 3.8) is 0 Å². The van der Waals surface area contributed by atoms with Crippen molar-refractivity contribution in [2.75, 3.05) is 0 Å². The van der Waals surface area contributed by atoms with Gasteiger partial charge in [-0.3, -0.25) is 0 Å². The summed E-state index contributed by atoms with van der Waals surface area (Å²) in [6.07, 6.45) is 3.70. The van der Waals surface area contributed by atoms with Gasteiger partial charge in [0.25, 0.3) is 0 Å². The first-order chi connectivity index (χ1) is 6.79. The van der Waals surface area contributed by atoms with Gasteiger partial charge in [0.05, 0.1) is 12.0 Å². The summed E-state index contributed by atoms with van der Waals surface area (Å²) >= 11 is 3.39. The van der Waals surface area contributed by atoms with Crippen LogP contribution >= 0.6 is 15.9 Å². The maximum absolute atomic E-state index is 5.48. The molecular formula is C10H10BrN3. The number of imidazole rings is 1. The first-order valence-electron chi connectivity index (χ1n) is 4.28. The van der Waals surface area contributed by atoms with E-state index in [0.717, 1.165) is 15.9 Å². The van der Waals surface area contributed by atoms with E-state index in [-0.39, 0.29) is 0 Å². The molecule has 0 atom stereocenters. The van der Waals surface area contributed by atoms with Gasteiger partial charge >= 0.3 is 0 Å². The van der Waals surface area contributed by atoms with Crippen LogP contribution in [0.25, 0.3) is 5.69 Å². The fraction of sp³-hybridized carbons (Fsp3) is 0.100. The summed E-state index contributed by atoms with van der Waals surface area (Å²) in [7, 11) is 0. The smallest absolute Gasteiger partial charge is 0.0995 e. The first kappa shape index (κ1) is 9.43. The maximum atomic E-state index is 5.48. The van der Waals surface area contributed by atoms with Crippen LogP contribution in [0.1, 0.15) is 5.69 Å². The highest BCUT2D eigenvalue weighted by Gasteiger charge is 1.98. The summed E-state index contributed by atoms with van der Waals surface area (Å²) in [4.78, 5) is 4.16. The topological polar surface area (TPSA) is 43.8 Å². The lowest BCUT2D eigenvalue weighted by Gasteiger charge is -2.00. The van der Waals surface area contributed by atoms with Gasteiger partial charge in [-0.1, -0.05) is 15.9 Å². The zero-order chi connectivity index (χ0) is 9.97. The van der Waals surface area contributed by atoms with Crippen molar-refractivity contribution in [1.29, 1.82) is 0 Å². The van der Waals surface area contributed by atoms with Gasteiger partial charge in [-0.25, -0.2) is 4.98 Å². The number of aromatic nitrogens is 2. The Labute approximate surface area is 90.7 Å². The summed E-state index contributed by atoms with van der Waals surface area (Å²) in [6, 6.07) is 8.03. The minimum atomic E-state index is 0.476. The van der Waals surface area contributed by atoms with Gasteiger partial charge < -0.3 is 10.3 Å². The summed E-state index contributed by atoms with van der Waals surface area (Å²) in [5.41, 5.74) is 7.46. The van der Waals surface area contributed by atoms with Crippen LogP contribution in [0, 0.1) is 0 Å². The van der Waals surface area contributed by atoms with E-state index in [2.05, 4.69) is 20.9 Å². The normalized spacial score (nSPS) is 10.4. The van der Waals surface area contributed by atoms with Crippen molar-refractivity contribution in [3.8, 4) is 5.69 Å². The highest BCUT2D eigenvalue weighted by Crippen LogP contribution is 2.14. The number of nitrogens with zero attached hydrogens (tertiary/aromatic N) is 2. The van der Waals surface area contributed by atoms with Gasteiger partial charge in [-0.05, 0) is 24.3 Å². The van der Waals surface area contributed by atoms with Crippen molar-refractivity contribution in [1.82, 2.24) is 9.55 Å². The number of rotatable bonds is 2. The molecule has 0 aliphatic heterocycles. The third-order valence-corrected chi connectivity index (χ3v) is 2.50. The van der Waals surface area contributed by atoms with E-state index in [1.807, 2.05) is 35.0 Å². The number of nitrogens with two attached hydrogens (primary N) is 1. The molecule has 0 aliphatic rings. The zero-order valence-corrected chi connectivity index (χ0v) is 9.11. The molecule has 0 aliphatic carbocycles. The van der Waals surface area contributed by atoms with Crippen molar-refractivity contribution < 1.29 is 0 Å². The van der Waals surface area contributed by atoms with E-state index in [9.17, 15) is 0 Å². The SMILES string of the molecule is NCc1cn(-c2ccc(Br)cc2)cn1. The molecule has 2 aromatic rings. The Hall–Kier alpha value is -1.13. The van der Waals surface area contributed by atoms with E-state index in [1.165, 1.54) is 0 Å². The quantitative estimate of drug-likeness (QED) is 0.889. The third-order valence-electron chi connectivity index (χ3n) is 1.97. The molecular weight excluding hydrogens is 242 g/mol. The first-order valence-corrected chi connectivity index (χ1v) is 5.08. The molecule has 1 aromatic carbocycles. The number of hydrogen-bond acceptors (Lipinski definition) is 2. The lowest BCUT2D eigenvalue weighted by Crippen LogP contribution is -1.95. The van der Waals surface area contributed by atoms with E-state index >= 15 is 0 Å². The Morgan fingerprint density at radius 3 is 2.57 bits per heavy atom. The molecule has 1 heterocycles. The van der Waals surface area contributed by atoms with E-state index in [0.29, 0.717) is 6.54 Å². The summed E-state index contributed by atoms with van der Waals surface area (Å²) < 4.78 is 3.02. The zero-order valence-electron chi connectivity index (χ0n) is 7.52. The fourth-order valence-corrected chi connectivity index (χ4v) is 1.49. The van der Waals surface area contributed by atoms with Crippen LogP contribution < -0.4 is 5.73 Å². The number of halogens is 1. The highest BCUT2D eigenvalue weighted by molar-refractivity contribution is 9.10. The van der Waals surface area contributed by atoms with E-state index < -0.39 is 0 Å². The molecule has 0 fully saturated rings. The van der Waals surface area contributed by atoms with Gasteiger partial charge in [-0.2, -0.15) is 0 Å². The van der Waals surface area contributed by atoms with Crippen molar-refractivity contribution in [2.24, 2.45) is 5.73 Å². The standard InChI is InChI=1S/C10H10BrN3/c11-8-1-3-10(4-2-8)14-6-9(5-12)13-7-14/h1-4,6-7H,5,12H2. The molecule has 2 rings (SSSR count). The number of benzene rings is 1. The van der Waals surface area contributed by atoms with Crippen LogP contribution in [0.15, 0.2) is 41.3 Å². The van der Waals surface area contributed by atoms with Crippen LogP contribution in [0.5, 0.6) is 0 Å². The fourth-order valence-electron chi connectivity index (χ4n) is 1.22. The van der Waals surface area contributed by atoms with Crippen LogP contribution in [-0.4, -0.2) is 9.55 Å². The Morgan fingerprint density at radius 1 is 1.29 bits per heavy atom. The third kappa shape index (κ3) is 1.86. The van der Waals surface area contributed by atoms with Crippen LogP contribution in [0.3, 0.4) is 0 Å². The van der Waals surface area contributed by atoms with Gasteiger partial charge in [0.1, 0.15) is 0 Å². The Balaban J connectivity index is 2.34. The summed E-state index contributed by atoms with van der Waals surface area (Å²) in [6.45, 7) is 0.476. The lowest BCUT2D eigenvalue weighted by molar-refractivity contribution is 1.01. The Bertz CT molecular complexity index is 419. The summed E-state index contributed by atoms with van der Waals surface area (Å²) in [5.74, 6) is 0. The molecule has 1 aromatic heterocycles.